The molecule has 0 atom stereocenters. The lowest BCUT2D eigenvalue weighted by Crippen LogP contribution is -2.23. The van der Waals surface area contributed by atoms with Gasteiger partial charge in [0.1, 0.15) is 0 Å². The minimum absolute atomic E-state index is 0.277. The molecule has 1 rings (SSSR count). The zero-order valence-corrected chi connectivity index (χ0v) is 12.5. The van der Waals surface area contributed by atoms with Gasteiger partial charge in [-0.15, -0.1) is 0 Å². The number of hydrogen-bond donors (Lipinski definition) is 0. The van der Waals surface area contributed by atoms with Gasteiger partial charge in [-0.3, -0.25) is 0 Å². The fourth-order valence-electron chi connectivity index (χ4n) is 1.54. The molecule has 4 heteroatoms. The van der Waals surface area contributed by atoms with Gasteiger partial charge in [0.05, 0.1) is 13.2 Å². The van der Waals surface area contributed by atoms with Gasteiger partial charge in [-0.05, 0) is 28.2 Å². The Morgan fingerprint density at radius 2 is 1.32 bits per heavy atom. The average Bonchev–Trinajstić information content (AvgIpc) is 2.37. The van der Waals surface area contributed by atoms with E-state index >= 15 is 0 Å². The van der Waals surface area contributed by atoms with Crippen molar-refractivity contribution in [1.29, 1.82) is 0 Å². The molecule has 0 spiro atoms. The van der Waals surface area contributed by atoms with E-state index in [9.17, 15) is 0 Å². The molecular weight excluding hydrogens is 240 g/mol. The van der Waals surface area contributed by atoms with Crippen LogP contribution in [0.2, 0.25) is 0 Å². The number of nitrogens with zero attached hydrogens (tertiary/aromatic N) is 2. The third kappa shape index (κ3) is 7.28. The summed E-state index contributed by atoms with van der Waals surface area (Å²) in [5, 5.41) is 0. The van der Waals surface area contributed by atoms with Crippen LogP contribution in [0, 0.1) is 0 Å². The van der Waals surface area contributed by atoms with Crippen molar-refractivity contribution in [2.24, 2.45) is 0 Å². The molecule has 0 saturated carbocycles. The molecule has 0 aliphatic carbocycles. The van der Waals surface area contributed by atoms with Crippen LogP contribution in [0.3, 0.4) is 0 Å². The normalized spacial score (nSPS) is 11.7. The van der Waals surface area contributed by atoms with E-state index in [-0.39, 0.29) is 6.29 Å². The minimum atomic E-state index is -0.277. The minimum Gasteiger partial charge on any atom is -0.347 e. The van der Waals surface area contributed by atoms with Crippen LogP contribution in [0.25, 0.3) is 0 Å². The van der Waals surface area contributed by atoms with Crippen LogP contribution in [0.4, 0.5) is 0 Å². The van der Waals surface area contributed by atoms with Gasteiger partial charge in [-0.25, -0.2) is 0 Å². The second kappa shape index (κ2) is 9.04. The van der Waals surface area contributed by atoms with Gasteiger partial charge < -0.3 is 19.3 Å². The predicted molar refractivity (Wildman–Crippen MR) is 78.2 cm³/mol. The third-order valence-electron chi connectivity index (χ3n) is 2.69. The molecule has 19 heavy (non-hydrogen) atoms. The number of likely N-dealkylation sites (N-methyl/N-ethyl adjacent to an activating group) is 2. The third-order valence-corrected chi connectivity index (χ3v) is 2.69. The van der Waals surface area contributed by atoms with Crippen LogP contribution >= 0.6 is 0 Å². The lowest BCUT2D eigenvalue weighted by molar-refractivity contribution is -0.149. The summed E-state index contributed by atoms with van der Waals surface area (Å²) in [6.07, 6.45) is -0.277. The first kappa shape index (κ1) is 16.1. The second-order valence-electron chi connectivity index (χ2n) is 5.09. The van der Waals surface area contributed by atoms with E-state index in [4.69, 9.17) is 9.47 Å². The number of benzene rings is 1. The molecular formula is C15H26N2O2. The lowest BCUT2D eigenvalue weighted by atomic mass is 10.2. The Hall–Kier alpha value is -0.940. The summed E-state index contributed by atoms with van der Waals surface area (Å²) in [5.74, 6) is 0. The quantitative estimate of drug-likeness (QED) is 0.637. The first-order valence-electron chi connectivity index (χ1n) is 6.67. The lowest BCUT2D eigenvalue weighted by Gasteiger charge is -2.21. The highest BCUT2D eigenvalue weighted by atomic mass is 16.7. The predicted octanol–water partition coefficient (Wildman–Crippen LogP) is 1.84. The summed E-state index contributed by atoms with van der Waals surface area (Å²) in [6.45, 7) is 3.10. The zero-order chi connectivity index (χ0) is 14.1. The van der Waals surface area contributed by atoms with Gasteiger partial charge in [0.2, 0.25) is 0 Å². The highest BCUT2D eigenvalue weighted by Crippen LogP contribution is 2.18. The molecule has 0 fully saturated rings. The molecule has 4 nitrogen and oxygen atoms in total. The zero-order valence-electron chi connectivity index (χ0n) is 12.5. The van der Waals surface area contributed by atoms with Crippen LogP contribution in [-0.2, 0) is 9.47 Å². The standard InChI is InChI=1S/C15H26N2O2/c1-16(2)10-12-18-15(19-13-11-17(3)4)14-8-6-5-7-9-14/h5-9,15H,10-13H2,1-4H3. The van der Waals surface area contributed by atoms with Crippen molar-refractivity contribution in [2.75, 3.05) is 54.5 Å². The number of ether oxygens (including phenoxy) is 2. The van der Waals surface area contributed by atoms with E-state index < -0.39 is 0 Å². The fraction of sp³-hybridized carbons (Fsp3) is 0.600. The topological polar surface area (TPSA) is 24.9 Å². The maximum Gasteiger partial charge on any atom is 0.183 e. The Kier molecular flexibility index (Phi) is 7.67. The Balaban J connectivity index is 2.48. The SMILES string of the molecule is CN(C)CCOC(OCCN(C)C)c1ccccc1. The van der Waals surface area contributed by atoms with Crippen molar-refractivity contribution in [3.63, 3.8) is 0 Å². The van der Waals surface area contributed by atoms with E-state index in [1.807, 2.05) is 58.5 Å². The van der Waals surface area contributed by atoms with Crippen molar-refractivity contribution < 1.29 is 9.47 Å². The van der Waals surface area contributed by atoms with E-state index in [1.165, 1.54) is 0 Å². The molecule has 0 radical (unpaired) electrons. The highest BCUT2D eigenvalue weighted by molar-refractivity contribution is 5.15. The first-order valence-corrected chi connectivity index (χ1v) is 6.67. The van der Waals surface area contributed by atoms with Crippen LogP contribution in [0.5, 0.6) is 0 Å². The van der Waals surface area contributed by atoms with Crippen LogP contribution in [0.1, 0.15) is 11.9 Å². The van der Waals surface area contributed by atoms with Crippen molar-refractivity contribution in [2.45, 2.75) is 6.29 Å². The molecule has 0 N–H and O–H groups in total. The fourth-order valence-corrected chi connectivity index (χ4v) is 1.54. The second-order valence-corrected chi connectivity index (χ2v) is 5.09. The summed E-state index contributed by atoms with van der Waals surface area (Å²) < 4.78 is 11.7. The summed E-state index contributed by atoms with van der Waals surface area (Å²) >= 11 is 0. The van der Waals surface area contributed by atoms with E-state index in [0.717, 1.165) is 18.7 Å². The molecule has 0 saturated heterocycles. The number of hydrogen-bond acceptors (Lipinski definition) is 4. The smallest absolute Gasteiger partial charge is 0.183 e. The van der Waals surface area contributed by atoms with Crippen molar-refractivity contribution in [3.05, 3.63) is 35.9 Å². The molecule has 1 aromatic rings. The monoisotopic (exact) mass is 266 g/mol. The molecule has 0 aliphatic rings. The molecule has 108 valence electrons. The summed E-state index contributed by atoms with van der Waals surface area (Å²) in [5.41, 5.74) is 1.07. The molecule has 0 unspecified atom stereocenters. The molecule has 0 amide bonds. The molecule has 0 bridgehead atoms. The van der Waals surface area contributed by atoms with Gasteiger partial charge in [-0.1, -0.05) is 30.3 Å². The Labute approximate surface area is 116 Å². The molecule has 1 aromatic carbocycles. The summed E-state index contributed by atoms with van der Waals surface area (Å²) in [4.78, 5) is 4.20. The van der Waals surface area contributed by atoms with Gasteiger partial charge in [0, 0.05) is 18.7 Å². The molecule has 0 aliphatic heterocycles. The van der Waals surface area contributed by atoms with E-state index in [0.29, 0.717) is 13.2 Å². The molecule has 0 heterocycles. The van der Waals surface area contributed by atoms with Crippen molar-refractivity contribution in [1.82, 2.24) is 9.80 Å². The Bertz CT molecular complexity index is 314. The van der Waals surface area contributed by atoms with E-state index in [2.05, 4.69) is 9.80 Å². The van der Waals surface area contributed by atoms with Crippen LogP contribution in [-0.4, -0.2) is 64.3 Å². The van der Waals surface area contributed by atoms with Gasteiger partial charge in [0.25, 0.3) is 0 Å². The van der Waals surface area contributed by atoms with Crippen LogP contribution < -0.4 is 0 Å². The van der Waals surface area contributed by atoms with Gasteiger partial charge in [-0.2, -0.15) is 0 Å². The largest absolute Gasteiger partial charge is 0.347 e. The maximum atomic E-state index is 5.84. The average molecular weight is 266 g/mol. The van der Waals surface area contributed by atoms with Crippen LogP contribution in [0.15, 0.2) is 30.3 Å². The Morgan fingerprint density at radius 1 is 0.842 bits per heavy atom. The highest BCUT2D eigenvalue weighted by Gasteiger charge is 2.12. The molecule has 0 aromatic heterocycles. The van der Waals surface area contributed by atoms with Crippen molar-refractivity contribution >= 4 is 0 Å². The summed E-state index contributed by atoms with van der Waals surface area (Å²) in [6, 6.07) is 10.1. The Morgan fingerprint density at radius 3 is 1.74 bits per heavy atom. The number of rotatable bonds is 9. The van der Waals surface area contributed by atoms with Crippen molar-refractivity contribution in [3.8, 4) is 0 Å². The van der Waals surface area contributed by atoms with E-state index in [1.54, 1.807) is 0 Å². The van der Waals surface area contributed by atoms with Gasteiger partial charge >= 0.3 is 0 Å². The first-order chi connectivity index (χ1) is 9.09. The maximum absolute atomic E-state index is 5.84. The summed E-state index contributed by atoms with van der Waals surface area (Å²) in [7, 11) is 8.14. The van der Waals surface area contributed by atoms with Gasteiger partial charge in [0.15, 0.2) is 6.29 Å².